The van der Waals surface area contributed by atoms with Gasteiger partial charge in [0.25, 0.3) is 5.91 Å². The lowest BCUT2D eigenvalue weighted by Gasteiger charge is -2.08. The Morgan fingerprint density at radius 3 is 2.73 bits per heavy atom. The molecule has 0 fully saturated rings. The van der Waals surface area contributed by atoms with E-state index in [4.69, 9.17) is 16.3 Å². The van der Waals surface area contributed by atoms with Crippen LogP contribution < -0.4 is 15.4 Å². The average molecular weight is 432 g/mol. The van der Waals surface area contributed by atoms with Gasteiger partial charge in [0.05, 0.1) is 12.1 Å². The Morgan fingerprint density at radius 1 is 1.23 bits per heavy atom. The van der Waals surface area contributed by atoms with Crippen molar-refractivity contribution in [2.24, 2.45) is 0 Å². The third-order valence-corrected chi connectivity index (χ3v) is 4.50. The van der Waals surface area contributed by atoms with Crippen molar-refractivity contribution >= 4 is 23.4 Å². The molecule has 0 saturated carbocycles. The summed E-state index contributed by atoms with van der Waals surface area (Å²) in [5.41, 5.74) is 1.18. The number of hydrogen-bond donors (Lipinski definition) is 2. The van der Waals surface area contributed by atoms with E-state index in [0.717, 1.165) is 5.56 Å². The van der Waals surface area contributed by atoms with E-state index in [2.05, 4.69) is 20.7 Å². The molecule has 3 aromatic rings. The number of ether oxygens (including phenoxy) is 1. The largest absolute Gasteiger partial charge is 0.497 e. The van der Waals surface area contributed by atoms with E-state index in [9.17, 15) is 14.0 Å². The fourth-order valence-corrected chi connectivity index (χ4v) is 2.78. The molecule has 2 amide bonds. The summed E-state index contributed by atoms with van der Waals surface area (Å²) in [5, 5.41) is 9.36. The van der Waals surface area contributed by atoms with Gasteiger partial charge < -0.3 is 15.4 Å². The summed E-state index contributed by atoms with van der Waals surface area (Å²) >= 11 is 5.70. The number of carbonyl (C=O) groups excluding carboxylic acids is 2. The van der Waals surface area contributed by atoms with Crippen LogP contribution in [0.1, 0.15) is 16.2 Å². The normalized spacial score (nSPS) is 10.5. The van der Waals surface area contributed by atoms with Crippen LogP contribution in [0, 0.1) is 5.82 Å². The number of methoxy groups -OCH3 is 1. The fourth-order valence-electron chi connectivity index (χ4n) is 2.66. The van der Waals surface area contributed by atoms with E-state index in [0.29, 0.717) is 11.3 Å². The molecule has 156 valence electrons. The SMILES string of the molecule is CNC(=O)c1nc(-c2ccc(Cl)c(F)c2)nn1CC(=O)NCc1cccc(OC)c1. The molecule has 0 bridgehead atoms. The van der Waals surface area contributed by atoms with Crippen LogP contribution in [0.3, 0.4) is 0 Å². The summed E-state index contributed by atoms with van der Waals surface area (Å²) in [4.78, 5) is 28.7. The smallest absolute Gasteiger partial charge is 0.288 e. The van der Waals surface area contributed by atoms with Crippen LogP contribution in [-0.2, 0) is 17.9 Å². The van der Waals surface area contributed by atoms with E-state index in [1.807, 2.05) is 12.1 Å². The van der Waals surface area contributed by atoms with Gasteiger partial charge in [0.1, 0.15) is 18.1 Å². The number of nitrogens with zero attached hydrogens (tertiary/aromatic N) is 3. The van der Waals surface area contributed by atoms with Crippen molar-refractivity contribution < 1.29 is 18.7 Å². The molecule has 0 aliphatic heterocycles. The van der Waals surface area contributed by atoms with E-state index < -0.39 is 11.7 Å². The van der Waals surface area contributed by atoms with E-state index in [1.165, 1.54) is 29.9 Å². The van der Waals surface area contributed by atoms with Gasteiger partial charge in [-0.15, -0.1) is 5.10 Å². The van der Waals surface area contributed by atoms with Crippen molar-refractivity contribution in [1.29, 1.82) is 0 Å². The van der Waals surface area contributed by atoms with Gasteiger partial charge in [-0.2, -0.15) is 0 Å². The molecule has 2 N–H and O–H groups in total. The Hall–Kier alpha value is -3.46. The van der Waals surface area contributed by atoms with Gasteiger partial charge in [-0.25, -0.2) is 14.1 Å². The molecular formula is C20H19ClFN5O3. The topological polar surface area (TPSA) is 98.1 Å². The van der Waals surface area contributed by atoms with E-state index >= 15 is 0 Å². The minimum absolute atomic E-state index is 0.0402. The molecule has 3 rings (SSSR count). The van der Waals surface area contributed by atoms with E-state index in [-0.39, 0.29) is 35.7 Å². The van der Waals surface area contributed by atoms with Crippen molar-refractivity contribution in [2.75, 3.05) is 14.2 Å². The van der Waals surface area contributed by atoms with Crippen LogP contribution >= 0.6 is 11.6 Å². The second-order valence-electron chi connectivity index (χ2n) is 6.25. The zero-order valence-electron chi connectivity index (χ0n) is 16.3. The van der Waals surface area contributed by atoms with Gasteiger partial charge in [0.2, 0.25) is 11.7 Å². The predicted molar refractivity (Wildman–Crippen MR) is 109 cm³/mol. The average Bonchev–Trinajstić information content (AvgIpc) is 3.17. The first-order chi connectivity index (χ1) is 14.4. The maximum absolute atomic E-state index is 13.8. The third-order valence-electron chi connectivity index (χ3n) is 4.20. The zero-order valence-corrected chi connectivity index (χ0v) is 17.0. The van der Waals surface area contributed by atoms with Crippen molar-refractivity contribution in [3.63, 3.8) is 0 Å². The highest BCUT2D eigenvalue weighted by molar-refractivity contribution is 6.30. The number of aromatic nitrogens is 3. The first-order valence-corrected chi connectivity index (χ1v) is 9.31. The predicted octanol–water partition coefficient (Wildman–Crippen LogP) is 2.42. The highest BCUT2D eigenvalue weighted by atomic mass is 35.5. The molecule has 0 aliphatic carbocycles. The number of benzene rings is 2. The summed E-state index contributed by atoms with van der Waals surface area (Å²) in [6.07, 6.45) is 0. The first-order valence-electron chi connectivity index (χ1n) is 8.93. The minimum atomic E-state index is -0.636. The second kappa shape index (κ2) is 9.36. The molecule has 2 aromatic carbocycles. The molecule has 8 nitrogen and oxygen atoms in total. The Morgan fingerprint density at radius 2 is 2.03 bits per heavy atom. The van der Waals surface area contributed by atoms with Crippen LogP contribution in [0.5, 0.6) is 5.75 Å². The Bertz CT molecular complexity index is 1090. The molecule has 0 unspecified atom stereocenters. The monoisotopic (exact) mass is 431 g/mol. The van der Waals surface area contributed by atoms with Gasteiger partial charge in [-0.1, -0.05) is 23.7 Å². The molecule has 1 heterocycles. The Labute approximate surface area is 177 Å². The Balaban J connectivity index is 1.78. The third kappa shape index (κ3) is 4.93. The zero-order chi connectivity index (χ0) is 21.7. The minimum Gasteiger partial charge on any atom is -0.497 e. The molecular weight excluding hydrogens is 413 g/mol. The molecule has 10 heteroatoms. The van der Waals surface area contributed by atoms with Crippen LogP contribution in [0.15, 0.2) is 42.5 Å². The highest BCUT2D eigenvalue weighted by Gasteiger charge is 2.20. The summed E-state index contributed by atoms with van der Waals surface area (Å²) in [5.74, 6) is -0.822. The van der Waals surface area contributed by atoms with Crippen molar-refractivity contribution in [1.82, 2.24) is 25.4 Å². The van der Waals surface area contributed by atoms with Crippen LogP contribution in [-0.4, -0.2) is 40.7 Å². The number of amides is 2. The van der Waals surface area contributed by atoms with Gasteiger partial charge in [-0.05, 0) is 35.9 Å². The maximum atomic E-state index is 13.8. The molecule has 1 aromatic heterocycles. The van der Waals surface area contributed by atoms with E-state index in [1.54, 1.807) is 19.2 Å². The highest BCUT2D eigenvalue weighted by Crippen LogP contribution is 2.22. The molecule has 0 aliphatic rings. The molecule has 30 heavy (non-hydrogen) atoms. The lowest BCUT2D eigenvalue weighted by Crippen LogP contribution is -2.30. The number of rotatable bonds is 7. The molecule has 0 saturated heterocycles. The van der Waals surface area contributed by atoms with Crippen LogP contribution in [0.4, 0.5) is 4.39 Å². The number of halogens is 2. The fraction of sp³-hybridized carbons (Fsp3) is 0.200. The lowest BCUT2D eigenvalue weighted by molar-refractivity contribution is -0.122. The summed E-state index contributed by atoms with van der Waals surface area (Å²) < 4.78 is 20.1. The van der Waals surface area contributed by atoms with Gasteiger partial charge >= 0.3 is 0 Å². The quantitative estimate of drug-likeness (QED) is 0.598. The second-order valence-corrected chi connectivity index (χ2v) is 6.66. The summed E-state index contributed by atoms with van der Waals surface area (Å²) in [6, 6.07) is 11.3. The summed E-state index contributed by atoms with van der Waals surface area (Å²) in [6.45, 7) is 0.0328. The summed E-state index contributed by atoms with van der Waals surface area (Å²) in [7, 11) is 3.00. The van der Waals surface area contributed by atoms with Crippen molar-refractivity contribution in [2.45, 2.75) is 13.1 Å². The molecule has 0 radical (unpaired) electrons. The van der Waals surface area contributed by atoms with Gasteiger partial charge in [-0.3, -0.25) is 9.59 Å². The van der Waals surface area contributed by atoms with Crippen LogP contribution in [0.2, 0.25) is 5.02 Å². The number of hydrogen-bond acceptors (Lipinski definition) is 5. The van der Waals surface area contributed by atoms with Gasteiger partial charge in [0.15, 0.2) is 5.82 Å². The number of carbonyl (C=O) groups is 2. The van der Waals surface area contributed by atoms with Crippen molar-refractivity contribution in [3.8, 4) is 17.1 Å². The van der Waals surface area contributed by atoms with Gasteiger partial charge in [0, 0.05) is 19.2 Å². The molecule has 0 spiro atoms. The maximum Gasteiger partial charge on any atom is 0.288 e. The Kier molecular flexibility index (Phi) is 6.63. The lowest BCUT2D eigenvalue weighted by atomic mass is 10.2. The molecule has 0 atom stereocenters. The first kappa shape index (κ1) is 21.3. The standard InChI is InChI=1S/C20H19ClFN5O3/c1-23-20(29)19-25-18(13-6-7-15(21)16(22)9-13)26-27(19)11-17(28)24-10-12-4-3-5-14(8-12)30-2/h3-9H,10-11H2,1-2H3,(H,23,29)(H,24,28). The van der Waals surface area contributed by atoms with Crippen molar-refractivity contribution in [3.05, 3.63) is 64.7 Å². The van der Waals surface area contributed by atoms with Crippen LogP contribution in [0.25, 0.3) is 11.4 Å². The number of nitrogens with one attached hydrogen (secondary N) is 2.